The van der Waals surface area contributed by atoms with E-state index >= 15 is 0 Å². The van der Waals surface area contributed by atoms with E-state index in [4.69, 9.17) is 10.8 Å². The molecule has 0 fully saturated rings. The first-order valence-corrected chi connectivity index (χ1v) is 5.25. The van der Waals surface area contributed by atoms with E-state index in [1.165, 1.54) is 11.1 Å². The summed E-state index contributed by atoms with van der Waals surface area (Å²) < 4.78 is 0. The molecule has 0 aliphatic rings. The number of hydrogen-bond acceptors (Lipinski definition) is 2. The van der Waals surface area contributed by atoms with Gasteiger partial charge < -0.3 is 10.8 Å². The van der Waals surface area contributed by atoms with E-state index in [0.717, 1.165) is 32.2 Å². The fourth-order valence-corrected chi connectivity index (χ4v) is 1.46. The molecule has 0 aliphatic carbocycles. The van der Waals surface area contributed by atoms with Crippen LogP contribution in [0.5, 0.6) is 0 Å². The fraction of sp³-hybridized carbons (Fsp3) is 0.500. The Kier molecular flexibility index (Phi) is 5.27. The number of benzene rings is 1. The van der Waals surface area contributed by atoms with Crippen LogP contribution in [0.1, 0.15) is 24.0 Å². The minimum atomic E-state index is 0.273. The molecule has 0 spiro atoms. The number of hydrogen-bond donors (Lipinski definition) is 2. The van der Waals surface area contributed by atoms with Gasteiger partial charge in [0.05, 0.1) is 0 Å². The summed E-state index contributed by atoms with van der Waals surface area (Å²) in [6.45, 7) is 1.03. The average Bonchev–Trinajstić information content (AvgIpc) is 2.25. The summed E-state index contributed by atoms with van der Waals surface area (Å²) in [5.41, 5.74) is 8.10. The van der Waals surface area contributed by atoms with Gasteiger partial charge in [0.25, 0.3) is 0 Å². The van der Waals surface area contributed by atoms with Crippen molar-refractivity contribution in [2.45, 2.75) is 25.7 Å². The molecule has 1 aromatic rings. The van der Waals surface area contributed by atoms with Gasteiger partial charge in [0.1, 0.15) is 0 Å². The number of nitrogens with two attached hydrogens (primary N) is 1. The lowest BCUT2D eigenvalue weighted by Gasteiger charge is -2.02. The van der Waals surface area contributed by atoms with Gasteiger partial charge in [-0.1, -0.05) is 24.3 Å². The Morgan fingerprint density at radius 3 is 1.86 bits per heavy atom. The smallest absolute Gasteiger partial charge is 0.0434 e. The molecule has 0 radical (unpaired) electrons. The molecule has 2 heteroatoms. The zero-order valence-corrected chi connectivity index (χ0v) is 8.58. The highest BCUT2D eigenvalue weighted by Gasteiger charge is 1.94. The molecule has 1 rings (SSSR count). The molecule has 0 saturated carbocycles. The molecule has 0 amide bonds. The Labute approximate surface area is 85.8 Å². The number of aryl methyl sites for hydroxylation is 2. The topological polar surface area (TPSA) is 46.2 Å². The van der Waals surface area contributed by atoms with E-state index in [-0.39, 0.29) is 6.61 Å². The molecule has 14 heavy (non-hydrogen) atoms. The predicted molar refractivity (Wildman–Crippen MR) is 59.2 cm³/mol. The fourth-order valence-electron chi connectivity index (χ4n) is 1.46. The van der Waals surface area contributed by atoms with E-state index < -0.39 is 0 Å². The van der Waals surface area contributed by atoms with E-state index in [1.54, 1.807) is 0 Å². The lowest BCUT2D eigenvalue weighted by atomic mass is 10.0. The third-order valence-corrected chi connectivity index (χ3v) is 2.32. The zero-order chi connectivity index (χ0) is 10.2. The van der Waals surface area contributed by atoms with E-state index in [1.807, 2.05) is 0 Å². The second-order valence-electron chi connectivity index (χ2n) is 3.54. The van der Waals surface area contributed by atoms with Crippen LogP contribution in [0.15, 0.2) is 24.3 Å². The molecule has 0 saturated heterocycles. The quantitative estimate of drug-likeness (QED) is 0.719. The molecule has 1 aromatic carbocycles. The van der Waals surface area contributed by atoms with Gasteiger partial charge in [-0.15, -0.1) is 0 Å². The molecule has 0 unspecified atom stereocenters. The molecule has 0 atom stereocenters. The highest BCUT2D eigenvalue weighted by molar-refractivity contribution is 5.22. The summed E-state index contributed by atoms with van der Waals surface area (Å²) in [5, 5.41) is 8.68. The SMILES string of the molecule is NCCCc1ccc(CCCO)cc1. The first-order chi connectivity index (χ1) is 6.86. The van der Waals surface area contributed by atoms with Gasteiger partial charge in [0, 0.05) is 6.61 Å². The van der Waals surface area contributed by atoms with Crippen molar-refractivity contribution in [2.24, 2.45) is 5.73 Å². The Morgan fingerprint density at radius 1 is 0.929 bits per heavy atom. The average molecular weight is 193 g/mol. The van der Waals surface area contributed by atoms with Crippen LogP contribution in [0, 0.1) is 0 Å². The third-order valence-electron chi connectivity index (χ3n) is 2.32. The van der Waals surface area contributed by atoms with Gasteiger partial charge >= 0.3 is 0 Å². The first kappa shape index (κ1) is 11.2. The van der Waals surface area contributed by atoms with E-state index in [9.17, 15) is 0 Å². The number of aliphatic hydroxyl groups is 1. The van der Waals surface area contributed by atoms with Gasteiger partial charge in [-0.05, 0) is 43.4 Å². The summed E-state index contributed by atoms with van der Waals surface area (Å²) in [6, 6.07) is 8.59. The third kappa shape index (κ3) is 3.90. The van der Waals surface area contributed by atoms with Crippen molar-refractivity contribution >= 4 is 0 Å². The van der Waals surface area contributed by atoms with Crippen molar-refractivity contribution in [1.29, 1.82) is 0 Å². The summed E-state index contributed by atoms with van der Waals surface area (Å²) in [6.07, 6.45) is 3.93. The zero-order valence-electron chi connectivity index (χ0n) is 8.58. The van der Waals surface area contributed by atoms with Gasteiger partial charge in [-0.2, -0.15) is 0 Å². The van der Waals surface area contributed by atoms with Crippen LogP contribution in [-0.4, -0.2) is 18.3 Å². The predicted octanol–water partition coefficient (Wildman–Crippen LogP) is 1.50. The van der Waals surface area contributed by atoms with E-state index in [0.29, 0.717) is 0 Å². The molecule has 78 valence electrons. The van der Waals surface area contributed by atoms with Crippen LogP contribution in [-0.2, 0) is 12.8 Å². The minimum Gasteiger partial charge on any atom is -0.396 e. The van der Waals surface area contributed by atoms with Crippen molar-refractivity contribution < 1.29 is 5.11 Å². The van der Waals surface area contributed by atoms with Gasteiger partial charge in [0.2, 0.25) is 0 Å². The Hall–Kier alpha value is -0.860. The maximum atomic E-state index is 8.68. The summed E-state index contributed by atoms with van der Waals surface area (Å²) in [5.74, 6) is 0. The van der Waals surface area contributed by atoms with Crippen LogP contribution in [0.2, 0.25) is 0 Å². The van der Waals surface area contributed by atoms with Crippen molar-refractivity contribution in [1.82, 2.24) is 0 Å². The van der Waals surface area contributed by atoms with E-state index in [2.05, 4.69) is 24.3 Å². The first-order valence-electron chi connectivity index (χ1n) is 5.25. The van der Waals surface area contributed by atoms with Crippen LogP contribution in [0.4, 0.5) is 0 Å². The molecule has 2 nitrogen and oxygen atoms in total. The van der Waals surface area contributed by atoms with Gasteiger partial charge in [-0.3, -0.25) is 0 Å². The van der Waals surface area contributed by atoms with Crippen molar-refractivity contribution in [3.8, 4) is 0 Å². The van der Waals surface area contributed by atoms with Crippen LogP contribution < -0.4 is 5.73 Å². The van der Waals surface area contributed by atoms with Crippen LogP contribution >= 0.6 is 0 Å². The Bertz CT molecular complexity index is 216. The molecule has 3 N–H and O–H groups in total. The highest BCUT2D eigenvalue weighted by atomic mass is 16.2. The maximum absolute atomic E-state index is 8.68. The number of rotatable bonds is 6. The molecule has 0 heterocycles. The van der Waals surface area contributed by atoms with Crippen molar-refractivity contribution in [3.05, 3.63) is 35.4 Å². The molecular formula is C12H19NO. The van der Waals surface area contributed by atoms with Crippen LogP contribution in [0.25, 0.3) is 0 Å². The molecule has 0 aliphatic heterocycles. The maximum Gasteiger partial charge on any atom is 0.0434 e. The molecular weight excluding hydrogens is 174 g/mol. The summed E-state index contributed by atoms with van der Waals surface area (Å²) >= 11 is 0. The standard InChI is InChI=1S/C12H19NO/c13-9-1-3-11-5-7-12(8-6-11)4-2-10-14/h5-8,14H,1-4,9-10,13H2. The summed E-state index contributed by atoms with van der Waals surface area (Å²) in [7, 11) is 0. The van der Waals surface area contributed by atoms with Gasteiger partial charge in [-0.25, -0.2) is 0 Å². The second kappa shape index (κ2) is 6.57. The Balaban J connectivity index is 2.42. The van der Waals surface area contributed by atoms with Crippen LogP contribution in [0.3, 0.4) is 0 Å². The summed E-state index contributed by atoms with van der Waals surface area (Å²) in [4.78, 5) is 0. The normalized spacial score (nSPS) is 10.4. The molecule has 0 aromatic heterocycles. The minimum absolute atomic E-state index is 0.273. The second-order valence-corrected chi connectivity index (χ2v) is 3.54. The lowest BCUT2D eigenvalue weighted by Crippen LogP contribution is -2.00. The molecule has 0 bridgehead atoms. The van der Waals surface area contributed by atoms with Gasteiger partial charge in [0.15, 0.2) is 0 Å². The van der Waals surface area contributed by atoms with Crippen molar-refractivity contribution in [3.63, 3.8) is 0 Å². The Morgan fingerprint density at radius 2 is 1.43 bits per heavy atom. The monoisotopic (exact) mass is 193 g/mol. The number of aliphatic hydroxyl groups excluding tert-OH is 1. The largest absolute Gasteiger partial charge is 0.396 e. The van der Waals surface area contributed by atoms with Crippen molar-refractivity contribution in [2.75, 3.05) is 13.2 Å². The lowest BCUT2D eigenvalue weighted by molar-refractivity contribution is 0.288. The highest BCUT2D eigenvalue weighted by Crippen LogP contribution is 2.08.